The highest BCUT2D eigenvalue weighted by atomic mass is 16.5. The molecular weight excluding hydrogens is 220 g/mol. The Labute approximate surface area is 101 Å². The number of benzene rings is 1. The average molecular weight is 238 g/mol. The molecule has 1 aromatic carbocycles. The van der Waals surface area contributed by atoms with E-state index < -0.39 is 5.97 Å². The third kappa shape index (κ3) is 4.32. The number of carboxylic acid groups (broad SMARTS) is 1. The van der Waals surface area contributed by atoms with Crippen molar-refractivity contribution in [2.75, 3.05) is 30.8 Å². The molecular formula is C12H18N2O3. The van der Waals surface area contributed by atoms with E-state index in [1.54, 1.807) is 6.07 Å². The number of aromatic carboxylic acids is 1. The van der Waals surface area contributed by atoms with Gasteiger partial charge in [-0.05, 0) is 31.5 Å². The van der Waals surface area contributed by atoms with Crippen molar-refractivity contribution in [3.63, 3.8) is 0 Å². The lowest BCUT2D eigenvalue weighted by Gasteiger charge is -2.09. The van der Waals surface area contributed by atoms with Gasteiger partial charge in [0.15, 0.2) is 0 Å². The third-order valence-corrected chi connectivity index (χ3v) is 2.28. The van der Waals surface area contributed by atoms with Gasteiger partial charge in [0.1, 0.15) is 0 Å². The molecule has 0 saturated heterocycles. The van der Waals surface area contributed by atoms with E-state index in [0.717, 1.165) is 25.3 Å². The van der Waals surface area contributed by atoms with Gasteiger partial charge in [0.2, 0.25) is 0 Å². The second-order valence-corrected chi connectivity index (χ2v) is 3.58. The maximum Gasteiger partial charge on any atom is 0.335 e. The minimum absolute atomic E-state index is 0.197. The quantitative estimate of drug-likeness (QED) is 0.498. The standard InChI is InChI=1S/C12H18N2O3/c1-2-17-7-3-6-14-11-5-4-9(12(15)16)8-10(11)13/h4-5,8,14H,2-3,6-7,13H2,1H3,(H,15,16). The van der Waals surface area contributed by atoms with Crippen LogP contribution in [0.3, 0.4) is 0 Å². The number of rotatable bonds is 7. The Hall–Kier alpha value is -1.75. The van der Waals surface area contributed by atoms with Gasteiger partial charge in [-0.3, -0.25) is 0 Å². The molecule has 0 aromatic heterocycles. The molecule has 0 spiro atoms. The summed E-state index contributed by atoms with van der Waals surface area (Å²) in [7, 11) is 0. The second-order valence-electron chi connectivity index (χ2n) is 3.58. The van der Waals surface area contributed by atoms with Crippen LogP contribution in [0, 0.1) is 0 Å². The second kappa shape index (κ2) is 6.75. The molecule has 0 aliphatic heterocycles. The molecule has 17 heavy (non-hydrogen) atoms. The Bertz CT molecular complexity index is 380. The van der Waals surface area contributed by atoms with Crippen LogP contribution in [0.2, 0.25) is 0 Å². The molecule has 4 N–H and O–H groups in total. The number of nitrogen functional groups attached to an aromatic ring is 1. The number of nitrogens with two attached hydrogens (primary N) is 1. The molecule has 0 aliphatic carbocycles. The molecule has 0 fully saturated rings. The number of hydrogen-bond acceptors (Lipinski definition) is 4. The van der Waals surface area contributed by atoms with Crippen molar-refractivity contribution in [1.82, 2.24) is 0 Å². The van der Waals surface area contributed by atoms with E-state index in [9.17, 15) is 4.79 Å². The van der Waals surface area contributed by atoms with Crippen molar-refractivity contribution in [3.8, 4) is 0 Å². The van der Waals surface area contributed by atoms with Crippen LogP contribution >= 0.6 is 0 Å². The number of carbonyl (C=O) groups is 1. The Morgan fingerprint density at radius 1 is 1.53 bits per heavy atom. The van der Waals surface area contributed by atoms with Gasteiger partial charge in [-0.1, -0.05) is 0 Å². The summed E-state index contributed by atoms with van der Waals surface area (Å²) in [6, 6.07) is 4.66. The molecule has 0 amide bonds. The molecule has 0 bridgehead atoms. The fourth-order valence-corrected chi connectivity index (χ4v) is 1.40. The summed E-state index contributed by atoms with van der Waals surface area (Å²) in [6.07, 6.45) is 0.883. The zero-order valence-electron chi connectivity index (χ0n) is 9.90. The van der Waals surface area contributed by atoms with Crippen molar-refractivity contribution in [2.45, 2.75) is 13.3 Å². The van der Waals surface area contributed by atoms with Gasteiger partial charge in [0.05, 0.1) is 16.9 Å². The molecule has 0 atom stereocenters. The number of carboxylic acids is 1. The van der Waals surface area contributed by atoms with Gasteiger partial charge in [-0.25, -0.2) is 4.79 Å². The lowest BCUT2D eigenvalue weighted by molar-refractivity contribution is 0.0697. The predicted molar refractivity (Wildman–Crippen MR) is 67.4 cm³/mol. The number of nitrogens with one attached hydrogen (secondary N) is 1. The molecule has 0 radical (unpaired) electrons. The Balaban J connectivity index is 2.46. The summed E-state index contributed by atoms with van der Waals surface area (Å²) in [5.41, 5.74) is 7.14. The number of ether oxygens (including phenoxy) is 1. The zero-order valence-corrected chi connectivity index (χ0v) is 9.90. The molecule has 94 valence electrons. The maximum absolute atomic E-state index is 10.7. The number of anilines is 2. The Morgan fingerprint density at radius 3 is 2.88 bits per heavy atom. The monoisotopic (exact) mass is 238 g/mol. The first kappa shape index (κ1) is 13.3. The Morgan fingerprint density at radius 2 is 2.29 bits per heavy atom. The van der Waals surface area contributed by atoms with E-state index in [2.05, 4.69) is 5.32 Å². The van der Waals surface area contributed by atoms with Crippen LogP contribution in [0.15, 0.2) is 18.2 Å². The SMILES string of the molecule is CCOCCCNc1ccc(C(=O)O)cc1N. The molecule has 0 unspecified atom stereocenters. The third-order valence-electron chi connectivity index (χ3n) is 2.28. The normalized spacial score (nSPS) is 10.2. The average Bonchev–Trinajstić information content (AvgIpc) is 2.30. The maximum atomic E-state index is 10.7. The topological polar surface area (TPSA) is 84.6 Å². The van der Waals surface area contributed by atoms with Gasteiger partial charge in [-0.2, -0.15) is 0 Å². The lowest BCUT2D eigenvalue weighted by Crippen LogP contribution is -2.08. The van der Waals surface area contributed by atoms with E-state index in [1.165, 1.54) is 12.1 Å². The van der Waals surface area contributed by atoms with Crippen molar-refractivity contribution in [1.29, 1.82) is 0 Å². The van der Waals surface area contributed by atoms with Crippen molar-refractivity contribution in [2.24, 2.45) is 0 Å². The zero-order chi connectivity index (χ0) is 12.7. The highest BCUT2D eigenvalue weighted by molar-refractivity contribution is 5.90. The van der Waals surface area contributed by atoms with Gasteiger partial charge in [0.25, 0.3) is 0 Å². The molecule has 1 aromatic rings. The summed E-state index contributed by atoms with van der Waals surface area (Å²) < 4.78 is 5.20. The van der Waals surface area contributed by atoms with Gasteiger partial charge >= 0.3 is 5.97 Å². The largest absolute Gasteiger partial charge is 0.478 e. The minimum atomic E-state index is -0.973. The van der Waals surface area contributed by atoms with Crippen LogP contribution in [-0.4, -0.2) is 30.8 Å². The minimum Gasteiger partial charge on any atom is -0.478 e. The van der Waals surface area contributed by atoms with Crippen LogP contribution < -0.4 is 11.1 Å². The summed E-state index contributed by atoms with van der Waals surface area (Å²) in [5, 5.41) is 11.9. The highest BCUT2D eigenvalue weighted by Crippen LogP contribution is 2.19. The van der Waals surface area contributed by atoms with Crippen molar-refractivity contribution >= 4 is 17.3 Å². The molecule has 5 nitrogen and oxygen atoms in total. The fourth-order valence-electron chi connectivity index (χ4n) is 1.40. The first-order chi connectivity index (χ1) is 8.15. The highest BCUT2D eigenvalue weighted by Gasteiger charge is 2.05. The summed E-state index contributed by atoms with van der Waals surface area (Å²) in [4.78, 5) is 10.7. The van der Waals surface area contributed by atoms with Crippen LogP contribution in [-0.2, 0) is 4.74 Å². The van der Waals surface area contributed by atoms with Gasteiger partial charge in [0, 0.05) is 19.8 Å². The molecule has 0 heterocycles. The van der Waals surface area contributed by atoms with Crippen LogP contribution in [0.4, 0.5) is 11.4 Å². The van der Waals surface area contributed by atoms with Crippen LogP contribution in [0.5, 0.6) is 0 Å². The first-order valence-electron chi connectivity index (χ1n) is 5.59. The van der Waals surface area contributed by atoms with E-state index in [1.807, 2.05) is 6.92 Å². The predicted octanol–water partition coefficient (Wildman–Crippen LogP) is 1.81. The fraction of sp³-hybridized carbons (Fsp3) is 0.417. The van der Waals surface area contributed by atoms with E-state index >= 15 is 0 Å². The Kier molecular flexibility index (Phi) is 5.29. The van der Waals surface area contributed by atoms with Crippen LogP contribution in [0.1, 0.15) is 23.7 Å². The van der Waals surface area contributed by atoms with Gasteiger partial charge in [-0.15, -0.1) is 0 Å². The molecule has 1 rings (SSSR count). The molecule has 5 heteroatoms. The van der Waals surface area contributed by atoms with Crippen molar-refractivity contribution < 1.29 is 14.6 Å². The van der Waals surface area contributed by atoms with Crippen LogP contribution in [0.25, 0.3) is 0 Å². The van der Waals surface area contributed by atoms with E-state index in [-0.39, 0.29) is 5.56 Å². The van der Waals surface area contributed by atoms with Gasteiger partial charge < -0.3 is 20.9 Å². The van der Waals surface area contributed by atoms with E-state index in [0.29, 0.717) is 12.3 Å². The van der Waals surface area contributed by atoms with E-state index in [4.69, 9.17) is 15.6 Å². The smallest absolute Gasteiger partial charge is 0.335 e. The molecule has 0 saturated carbocycles. The molecule has 0 aliphatic rings. The first-order valence-corrected chi connectivity index (χ1v) is 5.59. The van der Waals surface area contributed by atoms with Crippen molar-refractivity contribution in [3.05, 3.63) is 23.8 Å². The number of hydrogen-bond donors (Lipinski definition) is 3. The summed E-state index contributed by atoms with van der Waals surface area (Å²) in [6.45, 7) is 4.12. The summed E-state index contributed by atoms with van der Waals surface area (Å²) in [5.74, 6) is -0.973. The summed E-state index contributed by atoms with van der Waals surface area (Å²) >= 11 is 0. The lowest BCUT2D eigenvalue weighted by atomic mass is 10.1.